The maximum Gasteiger partial charge on any atom is 0.272 e. The molecule has 6 nitrogen and oxygen atoms in total. The van der Waals surface area contributed by atoms with Crippen molar-refractivity contribution in [2.24, 2.45) is 0 Å². The summed E-state index contributed by atoms with van der Waals surface area (Å²) in [7, 11) is 0. The number of nitro benzene ring substituents is 1. The van der Waals surface area contributed by atoms with Crippen molar-refractivity contribution in [2.45, 2.75) is 13.8 Å². The van der Waals surface area contributed by atoms with E-state index < -0.39 is 4.92 Å². The van der Waals surface area contributed by atoms with E-state index in [0.29, 0.717) is 22.5 Å². The van der Waals surface area contributed by atoms with Gasteiger partial charge in [0.15, 0.2) is 0 Å². The highest BCUT2D eigenvalue weighted by Crippen LogP contribution is 2.22. The average Bonchev–Trinajstić information content (AvgIpc) is 2.37. The number of nitro groups is 1. The van der Waals surface area contributed by atoms with E-state index in [1.807, 2.05) is 6.92 Å². The minimum Gasteiger partial charge on any atom is -0.398 e. The molecule has 0 unspecified atom stereocenters. The van der Waals surface area contributed by atoms with Crippen molar-refractivity contribution in [1.82, 2.24) is 0 Å². The maximum atomic E-state index is 12.2. The Hall–Kier alpha value is -2.89. The van der Waals surface area contributed by atoms with E-state index in [1.54, 1.807) is 31.2 Å². The Bertz CT molecular complexity index is 726. The molecule has 2 aromatic rings. The van der Waals surface area contributed by atoms with E-state index in [9.17, 15) is 14.9 Å². The van der Waals surface area contributed by atoms with Crippen LogP contribution in [0.5, 0.6) is 0 Å². The Morgan fingerprint density at radius 3 is 2.48 bits per heavy atom. The van der Waals surface area contributed by atoms with Crippen LogP contribution in [0.1, 0.15) is 21.5 Å². The fourth-order valence-electron chi connectivity index (χ4n) is 2.03. The van der Waals surface area contributed by atoms with Gasteiger partial charge in [-0.15, -0.1) is 0 Å². The first-order valence-electron chi connectivity index (χ1n) is 6.31. The number of nitrogen functional groups attached to an aromatic ring is 1. The monoisotopic (exact) mass is 285 g/mol. The number of anilines is 2. The third-order valence-corrected chi connectivity index (χ3v) is 3.10. The third-order valence-electron chi connectivity index (χ3n) is 3.10. The summed E-state index contributed by atoms with van der Waals surface area (Å²) in [6.45, 7) is 3.51. The van der Waals surface area contributed by atoms with Gasteiger partial charge in [-0.1, -0.05) is 6.07 Å². The van der Waals surface area contributed by atoms with Crippen LogP contribution in [0.15, 0.2) is 36.4 Å². The van der Waals surface area contributed by atoms with Gasteiger partial charge in [-0.3, -0.25) is 14.9 Å². The van der Waals surface area contributed by atoms with Crippen molar-refractivity contribution in [1.29, 1.82) is 0 Å². The van der Waals surface area contributed by atoms with Crippen molar-refractivity contribution in [3.05, 3.63) is 63.2 Å². The van der Waals surface area contributed by atoms with Crippen LogP contribution in [-0.2, 0) is 0 Å². The lowest BCUT2D eigenvalue weighted by molar-refractivity contribution is -0.385. The molecule has 0 atom stereocenters. The second-order valence-corrected chi connectivity index (χ2v) is 4.80. The molecule has 0 saturated carbocycles. The second kappa shape index (κ2) is 5.62. The van der Waals surface area contributed by atoms with E-state index in [1.165, 1.54) is 12.1 Å². The summed E-state index contributed by atoms with van der Waals surface area (Å²) in [6.07, 6.45) is 0. The van der Waals surface area contributed by atoms with Crippen molar-refractivity contribution in [3.8, 4) is 0 Å². The van der Waals surface area contributed by atoms with Gasteiger partial charge in [0, 0.05) is 23.0 Å². The predicted octanol–water partition coefficient (Wildman–Crippen LogP) is 3.05. The Morgan fingerprint density at radius 2 is 1.90 bits per heavy atom. The number of aryl methyl sites for hydroxylation is 2. The first kappa shape index (κ1) is 14.5. The molecule has 0 spiro atoms. The number of nitrogens with zero attached hydrogens (tertiary/aromatic N) is 1. The first-order valence-corrected chi connectivity index (χ1v) is 6.31. The van der Waals surface area contributed by atoms with Crippen LogP contribution < -0.4 is 11.1 Å². The van der Waals surface area contributed by atoms with Crippen LogP contribution in [0.2, 0.25) is 0 Å². The van der Waals surface area contributed by atoms with Gasteiger partial charge in [0.25, 0.3) is 11.6 Å². The summed E-state index contributed by atoms with van der Waals surface area (Å²) in [4.78, 5) is 22.4. The number of rotatable bonds is 3. The zero-order valence-electron chi connectivity index (χ0n) is 11.7. The van der Waals surface area contributed by atoms with Gasteiger partial charge in [-0.25, -0.2) is 0 Å². The van der Waals surface area contributed by atoms with E-state index in [0.717, 1.165) is 5.56 Å². The molecule has 0 saturated heterocycles. The minimum absolute atomic E-state index is 0.0165. The van der Waals surface area contributed by atoms with E-state index in [2.05, 4.69) is 5.32 Å². The van der Waals surface area contributed by atoms with Crippen LogP contribution >= 0.6 is 0 Å². The molecule has 2 aromatic carbocycles. The lowest BCUT2D eigenvalue weighted by Crippen LogP contribution is -2.14. The highest BCUT2D eigenvalue weighted by atomic mass is 16.6. The SMILES string of the molecule is Cc1ccc(C(=O)Nc2ccc([N+](=O)[O-])c(C)c2)c(N)c1. The average molecular weight is 285 g/mol. The lowest BCUT2D eigenvalue weighted by atomic mass is 10.1. The van der Waals surface area contributed by atoms with Crippen molar-refractivity contribution < 1.29 is 9.72 Å². The number of benzene rings is 2. The standard InChI is InChI=1S/C15H15N3O3/c1-9-3-5-12(13(16)7-9)15(19)17-11-4-6-14(18(20)21)10(2)8-11/h3-8H,16H2,1-2H3,(H,17,19). The number of carbonyl (C=O) groups is 1. The van der Waals surface area contributed by atoms with Crippen LogP contribution in [0.3, 0.4) is 0 Å². The molecule has 108 valence electrons. The predicted molar refractivity (Wildman–Crippen MR) is 81.4 cm³/mol. The summed E-state index contributed by atoms with van der Waals surface area (Å²) in [5, 5.41) is 13.4. The third kappa shape index (κ3) is 3.17. The molecule has 0 aromatic heterocycles. The highest BCUT2D eigenvalue weighted by molar-refractivity contribution is 6.07. The fraction of sp³-hybridized carbons (Fsp3) is 0.133. The molecule has 0 aliphatic carbocycles. The molecule has 0 bridgehead atoms. The molecule has 3 N–H and O–H groups in total. The molecule has 21 heavy (non-hydrogen) atoms. The second-order valence-electron chi connectivity index (χ2n) is 4.80. The molecule has 6 heteroatoms. The van der Waals surface area contributed by atoms with Crippen LogP contribution in [0.4, 0.5) is 17.1 Å². The minimum atomic E-state index is -0.459. The molecule has 0 aliphatic rings. The number of nitrogens with one attached hydrogen (secondary N) is 1. The lowest BCUT2D eigenvalue weighted by Gasteiger charge is -2.09. The molecule has 0 fully saturated rings. The molecule has 0 aliphatic heterocycles. The Balaban J connectivity index is 2.23. The normalized spacial score (nSPS) is 10.2. The van der Waals surface area contributed by atoms with E-state index in [4.69, 9.17) is 5.73 Å². The number of hydrogen-bond donors (Lipinski definition) is 2. The van der Waals surface area contributed by atoms with E-state index in [-0.39, 0.29) is 11.6 Å². The summed E-state index contributed by atoms with van der Waals surface area (Å²) in [6, 6.07) is 9.58. The van der Waals surface area contributed by atoms with Crippen molar-refractivity contribution in [3.63, 3.8) is 0 Å². The smallest absolute Gasteiger partial charge is 0.272 e. The number of amides is 1. The molecule has 0 radical (unpaired) electrons. The molecule has 2 rings (SSSR count). The van der Waals surface area contributed by atoms with Gasteiger partial charge in [0.2, 0.25) is 0 Å². The van der Waals surface area contributed by atoms with Gasteiger partial charge in [-0.2, -0.15) is 0 Å². The first-order chi connectivity index (χ1) is 9.88. The molecule has 1 amide bonds. The number of nitrogens with two attached hydrogens (primary N) is 1. The van der Waals surface area contributed by atoms with E-state index >= 15 is 0 Å². The Kier molecular flexibility index (Phi) is 3.89. The summed E-state index contributed by atoms with van der Waals surface area (Å²) < 4.78 is 0. The summed E-state index contributed by atoms with van der Waals surface area (Å²) in [5.41, 5.74) is 8.54. The zero-order chi connectivity index (χ0) is 15.6. The van der Waals surface area contributed by atoms with Crippen molar-refractivity contribution >= 4 is 23.0 Å². The van der Waals surface area contributed by atoms with Crippen LogP contribution in [-0.4, -0.2) is 10.8 Å². The van der Waals surface area contributed by atoms with Crippen molar-refractivity contribution in [2.75, 3.05) is 11.1 Å². The Morgan fingerprint density at radius 1 is 1.19 bits per heavy atom. The zero-order valence-corrected chi connectivity index (χ0v) is 11.7. The van der Waals surface area contributed by atoms with Gasteiger partial charge in [-0.05, 0) is 43.7 Å². The van der Waals surface area contributed by atoms with Crippen LogP contribution in [0.25, 0.3) is 0 Å². The number of hydrogen-bond acceptors (Lipinski definition) is 4. The molecular formula is C15H15N3O3. The number of carbonyl (C=O) groups excluding carboxylic acids is 1. The molecular weight excluding hydrogens is 270 g/mol. The molecule has 0 heterocycles. The van der Waals surface area contributed by atoms with Crippen LogP contribution in [0, 0.1) is 24.0 Å². The van der Waals surface area contributed by atoms with Gasteiger partial charge >= 0.3 is 0 Å². The summed E-state index contributed by atoms with van der Waals surface area (Å²) >= 11 is 0. The van der Waals surface area contributed by atoms with Gasteiger partial charge in [0.1, 0.15) is 0 Å². The topological polar surface area (TPSA) is 98.3 Å². The van der Waals surface area contributed by atoms with Gasteiger partial charge in [0.05, 0.1) is 10.5 Å². The quantitative estimate of drug-likeness (QED) is 0.514. The fourth-order valence-corrected chi connectivity index (χ4v) is 2.03. The summed E-state index contributed by atoms with van der Waals surface area (Å²) in [5.74, 6) is -0.347. The Labute approximate surface area is 121 Å². The maximum absolute atomic E-state index is 12.2. The van der Waals surface area contributed by atoms with Gasteiger partial charge < -0.3 is 11.1 Å². The largest absolute Gasteiger partial charge is 0.398 e. The highest BCUT2D eigenvalue weighted by Gasteiger charge is 2.13.